The van der Waals surface area contributed by atoms with Gasteiger partial charge >= 0.3 is 0 Å². The Hall–Kier alpha value is -2.31. The van der Waals surface area contributed by atoms with E-state index in [2.05, 4.69) is 19.9 Å². The van der Waals surface area contributed by atoms with Crippen LogP contribution in [0.3, 0.4) is 0 Å². The second-order valence-electron chi connectivity index (χ2n) is 5.33. The van der Waals surface area contributed by atoms with Crippen LogP contribution in [-0.2, 0) is 0 Å². The van der Waals surface area contributed by atoms with Gasteiger partial charge in [0, 0.05) is 5.56 Å². The van der Waals surface area contributed by atoms with Gasteiger partial charge in [0.05, 0.1) is 17.7 Å². The lowest BCUT2D eigenvalue weighted by Gasteiger charge is -2.17. The molecule has 1 N–H and O–H groups in total. The number of nitrogens with zero attached hydrogens (tertiary/aromatic N) is 1. The van der Waals surface area contributed by atoms with Crippen molar-refractivity contribution >= 4 is 0 Å². The molecule has 0 saturated heterocycles. The molecule has 0 aliphatic carbocycles. The van der Waals surface area contributed by atoms with E-state index >= 15 is 0 Å². The molecule has 1 atom stereocenters. The van der Waals surface area contributed by atoms with E-state index in [1.54, 1.807) is 25.1 Å². The number of nitriles is 1. The number of benzene rings is 2. The lowest BCUT2D eigenvalue weighted by Crippen LogP contribution is -1.99. The van der Waals surface area contributed by atoms with Crippen molar-refractivity contribution in [1.82, 2.24) is 0 Å². The predicted molar refractivity (Wildman–Crippen MR) is 82.4 cm³/mol. The number of rotatable bonds is 4. The summed E-state index contributed by atoms with van der Waals surface area (Å²) in [5.74, 6) is 1.61. The van der Waals surface area contributed by atoms with Crippen molar-refractivity contribution in [3.8, 4) is 17.6 Å². The van der Waals surface area contributed by atoms with Crippen molar-refractivity contribution in [2.45, 2.75) is 32.8 Å². The van der Waals surface area contributed by atoms with Crippen LogP contribution >= 0.6 is 0 Å². The number of aliphatic hydroxyl groups excluding tert-OH is 1. The summed E-state index contributed by atoms with van der Waals surface area (Å²) in [6, 6.07) is 15.0. The number of para-hydroxylation sites is 1. The maximum absolute atomic E-state index is 9.86. The van der Waals surface area contributed by atoms with E-state index in [4.69, 9.17) is 10.00 Å². The molecular formula is C18H19NO2. The minimum absolute atomic E-state index is 0.329. The molecule has 1 unspecified atom stereocenters. The normalized spacial score (nSPS) is 12.0. The average Bonchev–Trinajstić information content (AvgIpc) is 2.47. The number of hydrogen-bond acceptors (Lipinski definition) is 3. The van der Waals surface area contributed by atoms with Crippen LogP contribution in [0.1, 0.15) is 49.5 Å². The van der Waals surface area contributed by atoms with Crippen LogP contribution in [0.2, 0.25) is 0 Å². The smallest absolute Gasteiger partial charge is 0.134 e. The maximum Gasteiger partial charge on any atom is 0.134 e. The van der Waals surface area contributed by atoms with Crippen LogP contribution in [0.25, 0.3) is 0 Å². The van der Waals surface area contributed by atoms with Gasteiger partial charge in [-0.3, -0.25) is 0 Å². The Morgan fingerprint density at radius 1 is 1.00 bits per heavy atom. The van der Waals surface area contributed by atoms with Gasteiger partial charge in [-0.25, -0.2) is 0 Å². The van der Waals surface area contributed by atoms with Crippen LogP contribution in [0.15, 0.2) is 42.5 Å². The van der Waals surface area contributed by atoms with Crippen LogP contribution < -0.4 is 4.74 Å². The minimum atomic E-state index is -0.654. The number of hydrogen-bond donors (Lipinski definition) is 1. The van der Waals surface area contributed by atoms with Gasteiger partial charge in [0.25, 0.3) is 0 Å². The Morgan fingerprint density at radius 2 is 1.71 bits per heavy atom. The quantitative estimate of drug-likeness (QED) is 0.896. The van der Waals surface area contributed by atoms with E-state index in [1.165, 1.54) is 0 Å². The van der Waals surface area contributed by atoms with Crippen molar-refractivity contribution in [3.63, 3.8) is 0 Å². The average molecular weight is 281 g/mol. The van der Waals surface area contributed by atoms with Gasteiger partial charge in [-0.05, 0) is 36.6 Å². The Morgan fingerprint density at radius 3 is 2.33 bits per heavy atom. The summed E-state index contributed by atoms with van der Waals surface area (Å²) < 4.78 is 5.99. The molecule has 2 aromatic rings. The number of aliphatic hydroxyl groups is 1. The van der Waals surface area contributed by atoms with Gasteiger partial charge < -0.3 is 9.84 Å². The fourth-order valence-corrected chi connectivity index (χ4v) is 2.21. The molecule has 0 bridgehead atoms. The molecule has 2 rings (SSSR count). The third-order valence-corrected chi connectivity index (χ3v) is 3.35. The van der Waals surface area contributed by atoms with Gasteiger partial charge in [0.15, 0.2) is 0 Å². The molecule has 2 aromatic carbocycles. The summed E-state index contributed by atoms with van der Waals surface area (Å²) >= 11 is 0. The molecule has 21 heavy (non-hydrogen) atoms. The Bertz CT molecular complexity index is 669. The van der Waals surface area contributed by atoms with E-state index < -0.39 is 6.10 Å². The molecule has 0 heterocycles. The van der Waals surface area contributed by atoms with Crippen molar-refractivity contribution in [2.75, 3.05) is 0 Å². The van der Waals surface area contributed by atoms with E-state index in [0.29, 0.717) is 22.8 Å². The lowest BCUT2D eigenvalue weighted by molar-refractivity contribution is 0.195. The Labute approximate surface area is 125 Å². The summed E-state index contributed by atoms with van der Waals surface area (Å²) in [4.78, 5) is 0. The van der Waals surface area contributed by atoms with Gasteiger partial charge in [-0.15, -0.1) is 0 Å². The summed E-state index contributed by atoms with van der Waals surface area (Å²) in [7, 11) is 0. The third kappa shape index (κ3) is 3.42. The molecule has 0 aromatic heterocycles. The molecule has 0 amide bonds. The standard InChI is InChI=1S/C18H19NO2/c1-12(2)15-6-4-5-7-17(15)21-18-10-14(11-19)8-9-16(18)13(3)20/h4-10,12-13,20H,1-3H3. The first-order valence-corrected chi connectivity index (χ1v) is 7.01. The molecule has 108 valence electrons. The van der Waals surface area contributed by atoms with Crippen molar-refractivity contribution in [3.05, 3.63) is 59.2 Å². The topological polar surface area (TPSA) is 53.2 Å². The molecule has 0 fully saturated rings. The van der Waals surface area contributed by atoms with Gasteiger partial charge in [-0.1, -0.05) is 38.1 Å². The molecule has 3 heteroatoms. The molecule has 0 saturated carbocycles. The van der Waals surface area contributed by atoms with Gasteiger partial charge in [-0.2, -0.15) is 5.26 Å². The number of ether oxygens (including phenoxy) is 1. The van der Waals surface area contributed by atoms with Crippen LogP contribution in [-0.4, -0.2) is 5.11 Å². The molecule has 0 spiro atoms. The van der Waals surface area contributed by atoms with Crippen molar-refractivity contribution < 1.29 is 9.84 Å². The first-order valence-electron chi connectivity index (χ1n) is 7.01. The SMILES string of the molecule is CC(C)c1ccccc1Oc1cc(C#N)ccc1C(C)O. The second-order valence-corrected chi connectivity index (χ2v) is 5.33. The predicted octanol–water partition coefficient (Wildman–Crippen LogP) is 4.53. The first kappa shape index (κ1) is 15.1. The highest BCUT2D eigenvalue weighted by Crippen LogP contribution is 2.34. The summed E-state index contributed by atoms with van der Waals surface area (Å²) in [5, 5.41) is 18.9. The van der Waals surface area contributed by atoms with E-state index in [1.807, 2.05) is 24.3 Å². The zero-order valence-electron chi connectivity index (χ0n) is 12.5. The van der Waals surface area contributed by atoms with E-state index in [9.17, 15) is 5.11 Å². The highest BCUT2D eigenvalue weighted by molar-refractivity contribution is 5.47. The fraction of sp³-hybridized carbons (Fsp3) is 0.278. The molecule has 0 radical (unpaired) electrons. The zero-order valence-corrected chi connectivity index (χ0v) is 12.5. The minimum Gasteiger partial charge on any atom is -0.457 e. The monoisotopic (exact) mass is 281 g/mol. The van der Waals surface area contributed by atoms with Crippen molar-refractivity contribution in [1.29, 1.82) is 5.26 Å². The fourth-order valence-electron chi connectivity index (χ4n) is 2.21. The van der Waals surface area contributed by atoms with Crippen LogP contribution in [0.4, 0.5) is 0 Å². The summed E-state index contributed by atoms with van der Waals surface area (Å²) in [5.41, 5.74) is 2.28. The summed E-state index contributed by atoms with van der Waals surface area (Å²) in [6.45, 7) is 5.88. The maximum atomic E-state index is 9.86. The highest BCUT2D eigenvalue weighted by atomic mass is 16.5. The molecule has 3 nitrogen and oxygen atoms in total. The van der Waals surface area contributed by atoms with Gasteiger partial charge in [0.2, 0.25) is 0 Å². The van der Waals surface area contributed by atoms with Gasteiger partial charge in [0.1, 0.15) is 11.5 Å². The largest absolute Gasteiger partial charge is 0.457 e. The Balaban J connectivity index is 2.46. The van der Waals surface area contributed by atoms with E-state index in [-0.39, 0.29) is 0 Å². The lowest BCUT2D eigenvalue weighted by atomic mass is 10.0. The van der Waals surface area contributed by atoms with E-state index in [0.717, 1.165) is 11.3 Å². The highest BCUT2D eigenvalue weighted by Gasteiger charge is 2.14. The Kier molecular flexibility index (Phi) is 4.62. The molecular weight excluding hydrogens is 262 g/mol. The summed E-state index contributed by atoms with van der Waals surface area (Å²) in [6.07, 6.45) is -0.654. The third-order valence-electron chi connectivity index (χ3n) is 3.35. The van der Waals surface area contributed by atoms with Crippen molar-refractivity contribution in [2.24, 2.45) is 0 Å². The molecule has 0 aliphatic rings. The zero-order chi connectivity index (χ0) is 15.4. The second kappa shape index (κ2) is 6.43. The van der Waals surface area contributed by atoms with Crippen LogP contribution in [0.5, 0.6) is 11.5 Å². The molecule has 0 aliphatic heterocycles. The van der Waals surface area contributed by atoms with Crippen LogP contribution in [0, 0.1) is 11.3 Å². The first-order chi connectivity index (χ1) is 10.0.